The van der Waals surface area contributed by atoms with E-state index in [1.54, 1.807) is 36.1 Å². The number of carbonyl (C=O) groups excluding carboxylic acids is 3. The zero-order valence-corrected chi connectivity index (χ0v) is 16.5. The molecule has 8 heteroatoms. The fraction of sp³-hybridized carbons (Fsp3) is 0.350. The second kappa shape index (κ2) is 9.36. The molecule has 1 saturated heterocycles. The molecule has 7 nitrogen and oxygen atoms in total. The van der Waals surface area contributed by atoms with Crippen LogP contribution in [0.3, 0.4) is 0 Å². The van der Waals surface area contributed by atoms with Gasteiger partial charge in [-0.25, -0.2) is 9.59 Å². The third-order valence-corrected chi connectivity index (χ3v) is 5.28. The van der Waals surface area contributed by atoms with E-state index in [0.717, 1.165) is 17.8 Å². The van der Waals surface area contributed by atoms with E-state index in [1.807, 2.05) is 17.5 Å². The summed E-state index contributed by atoms with van der Waals surface area (Å²) >= 11 is 1.46. The number of thiophene rings is 1. The van der Waals surface area contributed by atoms with E-state index in [4.69, 9.17) is 4.74 Å². The number of esters is 1. The Hall–Kier alpha value is -2.87. The van der Waals surface area contributed by atoms with Crippen LogP contribution < -0.4 is 10.6 Å². The molecule has 0 aliphatic carbocycles. The highest BCUT2D eigenvalue weighted by Gasteiger charge is 2.28. The highest BCUT2D eigenvalue weighted by molar-refractivity contribution is 7.14. The van der Waals surface area contributed by atoms with E-state index in [-0.39, 0.29) is 23.8 Å². The molecule has 0 radical (unpaired) electrons. The number of hydrogen-bond donors (Lipinski definition) is 2. The molecule has 2 heterocycles. The topological polar surface area (TPSA) is 87.7 Å². The van der Waals surface area contributed by atoms with E-state index >= 15 is 0 Å². The van der Waals surface area contributed by atoms with Crippen LogP contribution in [0.4, 0.5) is 15.5 Å². The van der Waals surface area contributed by atoms with Crippen molar-refractivity contribution in [1.82, 2.24) is 4.90 Å². The van der Waals surface area contributed by atoms with Crippen LogP contribution in [-0.4, -0.2) is 42.5 Å². The minimum atomic E-state index is -0.389. The van der Waals surface area contributed by atoms with Crippen LogP contribution in [0.1, 0.15) is 30.1 Å². The van der Waals surface area contributed by atoms with E-state index < -0.39 is 0 Å². The lowest BCUT2D eigenvalue weighted by Gasteiger charge is -2.31. The van der Waals surface area contributed by atoms with Gasteiger partial charge in [0, 0.05) is 18.8 Å². The van der Waals surface area contributed by atoms with E-state index in [9.17, 15) is 14.4 Å². The van der Waals surface area contributed by atoms with E-state index in [1.165, 1.54) is 11.3 Å². The van der Waals surface area contributed by atoms with Crippen molar-refractivity contribution < 1.29 is 19.1 Å². The molecule has 1 fully saturated rings. The molecule has 1 aliphatic rings. The predicted octanol–water partition coefficient (Wildman–Crippen LogP) is 3.81. The molecule has 3 amide bonds. The van der Waals surface area contributed by atoms with Gasteiger partial charge in [-0.1, -0.05) is 0 Å². The lowest BCUT2D eigenvalue weighted by Crippen LogP contribution is -2.45. The number of nitrogens with one attached hydrogen (secondary N) is 2. The molecular weight excluding hydrogens is 378 g/mol. The Balaban J connectivity index is 1.55. The van der Waals surface area contributed by atoms with Gasteiger partial charge in [-0.05, 0) is 61.5 Å². The Kier molecular flexibility index (Phi) is 6.65. The maximum atomic E-state index is 12.6. The largest absolute Gasteiger partial charge is 0.462 e. The summed E-state index contributed by atoms with van der Waals surface area (Å²) in [6.07, 6.45) is 1.51. The van der Waals surface area contributed by atoms with Gasteiger partial charge in [0.1, 0.15) is 0 Å². The van der Waals surface area contributed by atoms with Crippen LogP contribution in [0.5, 0.6) is 0 Å². The molecule has 1 aromatic carbocycles. The molecule has 0 saturated carbocycles. The molecule has 28 heavy (non-hydrogen) atoms. The minimum Gasteiger partial charge on any atom is -0.462 e. The number of rotatable bonds is 5. The second-order valence-electron chi connectivity index (χ2n) is 6.48. The monoisotopic (exact) mass is 401 g/mol. The summed E-state index contributed by atoms with van der Waals surface area (Å²) in [7, 11) is 0. The fourth-order valence-corrected chi connectivity index (χ4v) is 3.67. The van der Waals surface area contributed by atoms with Gasteiger partial charge in [-0.3, -0.25) is 10.1 Å². The number of hydrogen-bond acceptors (Lipinski definition) is 5. The van der Waals surface area contributed by atoms with Gasteiger partial charge in [0.2, 0.25) is 5.91 Å². The molecule has 1 aliphatic heterocycles. The molecule has 1 aromatic heterocycles. The Morgan fingerprint density at radius 3 is 2.64 bits per heavy atom. The van der Waals surface area contributed by atoms with Crippen LogP contribution >= 0.6 is 11.3 Å². The average molecular weight is 401 g/mol. The first-order valence-corrected chi connectivity index (χ1v) is 10.1. The second-order valence-corrected chi connectivity index (χ2v) is 7.43. The number of piperidine rings is 1. The van der Waals surface area contributed by atoms with Crippen LogP contribution in [0.15, 0.2) is 41.8 Å². The van der Waals surface area contributed by atoms with Crippen molar-refractivity contribution in [2.45, 2.75) is 19.8 Å². The van der Waals surface area contributed by atoms with Gasteiger partial charge in [0.15, 0.2) is 0 Å². The lowest BCUT2D eigenvalue weighted by molar-refractivity contribution is -0.121. The van der Waals surface area contributed by atoms with Crippen molar-refractivity contribution in [2.75, 3.05) is 30.3 Å². The van der Waals surface area contributed by atoms with E-state index in [0.29, 0.717) is 30.9 Å². The number of carbonyl (C=O) groups is 3. The van der Waals surface area contributed by atoms with Crippen molar-refractivity contribution in [3.05, 3.63) is 47.3 Å². The summed E-state index contributed by atoms with van der Waals surface area (Å²) in [6, 6.07) is 10.1. The average Bonchev–Trinajstić information content (AvgIpc) is 3.22. The summed E-state index contributed by atoms with van der Waals surface area (Å²) < 4.78 is 4.95. The van der Waals surface area contributed by atoms with Gasteiger partial charge >= 0.3 is 12.0 Å². The Morgan fingerprint density at radius 2 is 1.96 bits per heavy atom. The normalized spacial score (nSPS) is 16.3. The number of nitrogens with zero attached hydrogens (tertiary/aromatic N) is 1. The van der Waals surface area contributed by atoms with Crippen LogP contribution in [0.2, 0.25) is 0 Å². The lowest BCUT2D eigenvalue weighted by atomic mass is 9.97. The third-order valence-electron chi connectivity index (χ3n) is 4.49. The number of likely N-dealkylation sites (tertiary alicyclic amines) is 1. The van der Waals surface area contributed by atoms with Crippen molar-refractivity contribution in [2.24, 2.45) is 5.92 Å². The summed E-state index contributed by atoms with van der Waals surface area (Å²) in [4.78, 5) is 38.4. The Labute approximate surface area is 167 Å². The quantitative estimate of drug-likeness (QED) is 0.746. The summed E-state index contributed by atoms with van der Waals surface area (Å²) in [6.45, 7) is 3.08. The fourth-order valence-electron chi connectivity index (χ4n) is 3.06. The van der Waals surface area contributed by atoms with Crippen LogP contribution in [0.25, 0.3) is 0 Å². The van der Waals surface area contributed by atoms with Gasteiger partial charge in [-0.2, -0.15) is 0 Å². The number of urea groups is 1. The summed E-state index contributed by atoms with van der Waals surface area (Å²) in [5.74, 6) is -0.787. The molecular formula is C20H23N3O4S. The van der Waals surface area contributed by atoms with Crippen molar-refractivity contribution >= 4 is 39.9 Å². The standard InChI is InChI=1S/C20H23N3O4S/c1-2-27-19(25)14-7-9-16(10-8-14)21-18(24)15-5-3-11-23(13-15)20(26)22-17-6-4-12-28-17/h4,6-10,12,15H,2-3,5,11,13H2,1H3,(H,21,24)(H,22,26). The summed E-state index contributed by atoms with van der Waals surface area (Å²) in [5.41, 5.74) is 1.05. The van der Waals surface area contributed by atoms with Gasteiger partial charge in [0.25, 0.3) is 0 Å². The molecule has 2 N–H and O–H groups in total. The highest BCUT2D eigenvalue weighted by atomic mass is 32.1. The molecule has 0 bridgehead atoms. The zero-order valence-electron chi connectivity index (χ0n) is 15.6. The Bertz CT molecular complexity index is 820. The molecule has 2 aromatic rings. The van der Waals surface area contributed by atoms with Crippen LogP contribution in [-0.2, 0) is 9.53 Å². The molecule has 0 spiro atoms. The van der Waals surface area contributed by atoms with Gasteiger partial charge in [-0.15, -0.1) is 11.3 Å². The number of amides is 3. The van der Waals surface area contributed by atoms with Crippen molar-refractivity contribution in [3.8, 4) is 0 Å². The van der Waals surface area contributed by atoms with E-state index in [2.05, 4.69) is 10.6 Å². The molecule has 1 unspecified atom stereocenters. The molecule has 3 rings (SSSR count). The number of ether oxygens (including phenoxy) is 1. The molecule has 148 valence electrons. The predicted molar refractivity (Wildman–Crippen MR) is 109 cm³/mol. The smallest absolute Gasteiger partial charge is 0.338 e. The highest BCUT2D eigenvalue weighted by Crippen LogP contribution is 2.21. The van der Waals surface area contributed by atoms with Crippen molar-refractivity contribution in [1.29, 1.82) is 0 Å². The third kappa shape index (κ3) is 5.10. The Morgan fingerprint density at radius 1 is 1.18 bits per heavy atom. The SMILES string of the molecule is CCOC(=O)c1ccc(NC(=O)C2CCCN(C(=O)Nc3cccs3)C2)cc1. The minimum absolute atomic E-state index is 0.127. The molecule has 1 atom stereocenters. The number of anilines is 2. The number of benzene rings is 1. The maximum Gasteiger partial charge on any atom is 0.338 e. The van der Waals surface area contributed by atoms with Crippen LogP contribution in [0, 0.1) is 5.92 Å². The first kappa shape index (κ1) is 19.9. The maximum absolute atomic E-state index is 12.6. The first-order valence-electron chi connectivity index (χ1n) is 9.24. The van der Waals surface area contributed by atoms with Crippen molar-refractivity contribution in [3.63, 3.8) is 0 Å². The summed E-state index contributed by atoms with van der Waals surface area (Å²) in [5, 5.41) is 8.41. The first-order chi connectivity index (χ1) is 13.6. The zero-order chi connectivity index (χ0) is 19.9. The van der Waals surface area contributed by atoms with Gasteiger partial charge < -0.3 is 15.0 Å². The van der Waals surface area contributed by atoms with Gasteiger partial charge in [0.05, 0.1) is 23.1 Å².